The Balaban J connectivity index is 1.96. The van der Waals surface area contributed by atoms with E-state index in [1.54, 1.807) is 24.4 Å². The molecule has 3 rings (SSSR count). The van der Waals surface area contributed by atoms with E-state index in [0.717, 1.165) is 10.9 Å². The molecule has 4 heteroatoms. The van der Waals surface area contributed by atoms with Crippen LogP contribution in [0.3, 0.4) is 0 Å². The predicted molar refractivity (Wildman–Crippen MR) is 77.7 cm³/mol. The quantitative estimate of drug-likeness (QED) is 0.708. The van der Waals surface area contributed by atoms with Gasteiger partial charge in [-0.15, -0.1) is 0 Å². The highest BCUT2D eigenvalue weighted by Gasteiger charge is 2.04. The zero-order chi connectivity index (χ0) is 13.2. The number of nitrogens with two attached hydrogens (primary N) is 1. The molecule has 0 atom stereocenters. The molecule has 0 aliphatic heterocycles. The number of fused-ring (bicyclic) bond motifs is 1. The van der Waals surface area contributed by atoms with Crippen LogP contribution in [0.15, 0.2) is 54.7 Å². The van der Waals surface area contributed by atoms with Gasteiger partial charge in [-0.3, -0.25) is 4.98 Å². The molecule has 1 aromatic heterocycles. The molecule has 3 nitrogen and oxygen atoms in total. The zero-order valence-corrected chi connectivity index (χ0v) is 10.8. The molecule has 0 spiro atoms. The highest BCUT2D eigenvalue weighted by molar-refractivity contribution is 6.32. The highest BCUT2D eigenvalue weighted by Crippen LogP contribution is 2.31. The number of nitrogen functional groups attached to an aromatic ring is 1. The van der Waals surface area contributed by atoms with Crippen LogP contribution in [0, 0.1) is 0 Å². The molecule has 0 aliphatic carbocycles. The van der Waals surface area contributed by atoms with Gasteiger partial charge < -0.3 is 10.5 Å². The molecule has 0 aliphatic rings. The topological polar surface area (TPSA) is 48.1 Å². The summed E-state index contributed by atoms with van der Waals surface area (Å²) in [6.45, 7) is 0. The van der Waals surface area contributed by atoms with Crippen LogP contribution in [0.5, 0.6) is 11.5 Å². The van der Waals surface area contributed by atoms with Gasteiger partial charge in [0.05, 0.1) is 10.5 Å². The molecule has 0 unspecified atom stereocenters. The maximum atomic E-state index is 6.08. The van der Waals surface area contributed by atoms with Crippen LogP contribution in [0.1, 0.15) is 0 Å². The normalized spacial score (nSPS) is 10.6. The lowest BCUT2D eigenvalue weighted by atomic mass is 10.2. The summed E-state index contributed by atoms with van der Waals surface area (Å²) in [4.78, 5) is 4.26. The third kappa shape index (κ3) is 2.46. The summed E-state index contributed by atoms with van der Waals surface area (Å²) in [5.41, 5.74) is 7.19. The van der Waals surface area contributed by atoms with Gasteiger partial charge in [-0.2, -0.15) is 0 Å². The number of anilines is 1. The molecule has 0 bridgehead atoms. The fraction of sp³-hybridized carbons (Fsp3) is 0. The summed E-state index contributed by atoms with van der Waals surface area (Å²) in [6.07, 6.45) is 1.76. The summed E-state index contributed by atoms with van der Waals surface area (Å²) < 4.78 is 5.76. The van der Waals surface area contributed by atoms with Crippen molar-refractivity contribution in [2.24, 2.45) is 0 Å². The van der Waals surface area contributed by atoms with E-state index < -0.39 is 0 Å². The van der Waals surface area contributed by atoms with E-state index in [9.17, 15) is 0 Å². The first kappa shape index (κ1) is 11.8. The summed E-state index contributed by atoms with van der Waals surface area (Å²) in [5, 5.41) is 1.51. The summed E-state index contributed by atoms with van der Waals surface area (Å²) in [7, 11) is 0. The third-order valence-electron chi connectivity index (χ3n) is 2.76. The second-order valence-electron chi connectivity index (χ2n) is 4.15. The SMILES string of the molecule is Nc1ccc(Oc2ccc3ncccc3c2)c(Cl)c1. The Hall–Kier alpha value is -2.26. The summed E-state index contributed by atoms with van der Waals surface area (Å²) in [6, 6.07) is 14.8. The molecule has 94 valence electrons. The van der Waals surface area contributed by atoms with Crippen molar-refractivity contribution in [2.75, 3.05) is 5.73 Å². The Bertz CT molecular complexity index is 743. The number of nitrogens with zero attached hydrogens (tertiary/aromatic N) is 1. The van der Waals surface area contributed by atoms with Gasteiger partial charge in [-0.05, 0) is 42.5 Å². The summed E-state index contributed by atoms with van der Waals surface area (Å²) >= 11 is 6.08. The average Bonchev–Trinajstić information content (AvgIpc) is 2.42. The molecule has 0 fully saturated rings. The molecule has 0 saturated carbocycles. The van der Waals surface area contributed by atoms with Gasteiger partial charge >= 0.3 is 0 Å². The lowest BCUT2D eigenvalue weighted by Crippen LogP contribution is -1.89. The minimum Gasteiger partial charge on any atom is -0.456 e. The molecule has 0 amide bonds. The third-order valence-corrected chi connectivity index (χ3v) is 3.05. The minimum atomic E-state index is 0.492. The van der Waals surface area contributed by atoms with Gasteiger partial charge in [0.15, 0.2) is 0 Å². The molecular formula is C15H11ClN2O. The molecule has 0 radical (unpaired) electrons. The van der Waals surface area contributed by atoms with E-state index in [-0.39, 0.29) is 0 Å². The average molecular weight is 271 g/mol. The fourth-order valence-corrected chi connectivity index (χ4v) is 2.07. The lowest BCUT2D eigenvalue weighted by Gasteiger charge is -2.08. The van der Waals surface area contributed by atoms with E-state index in [2.05, 4.69) is 4.98 Å². The number of rotatable bonds is 2. The minimum absolute atomic E-state index is 0.492. The second-order valence-corrected chi connectivity index (χ2v) is 4.56. The summed E-state index contributed by atoms with van der Waals surface area (Å²) in [5.74, 6) is 1.30. The Kier molecular flexibility index (Phi) is 2.97. The first-order chi connectivity index (χ1) is 9.22. The largest absolute Gasteiger partial charge is 0.456 e. The standard InChI is InChI=1S/C15H11ClN2O/c16-13-9-11(17)3-6-15(13)19-12-4-5-14-10(8-12)2-1-7-18-14/h1-9H,17H2. The van der Waals surface area contributed by atoms with Crippen LogP contribution in [-0.4, -0.2) is 4.98 Å². The van der Waals surface area contributed by atoms with Gasteiger partial charge in [0.1, 0.15) is 11.5 Å². The van der Waals surface area contributed by atoms with Gasteiger partial charge in [0.2, 0.25) is 0 Å². The number of pyridine rings is 1. The van der Waals surface area contributed by atoms with Crippen molar-refractivity contribution in [3.05, 3.63) is 59.8 Å². The van der Waals surface area contributed by atoms with Crippen LogP contribution in [0.25, 0.3) is 10.9 Å². The van der Waals surface area contributed by atoms with Gasteiger partial charge in [0, 0.05) is 17.3 Å². The monoisotopic (exact) mass is 270 g/mol. The van der Waals surface area contributed by atoms with E-state index >= 15 is 0 Å². The van der Waals surface area contributed by atoms with Crippen LogP contribution >= 0.6 is 11.6 Å². The number of hydrogen-bond acceptors (Lipinski definition) is 3. The Morgan fingerprint density at radius 3 is 2.79 bits per heavy atom. The fourth-order valence-electron chi connectivity index (χ4n) is 1.84. The molecule has 1 heterocycles. The van der Waals surface area contributed by atoms with Crippen LogP contribution in [0.4, 0.5) is 5.69 Å². The van der Waals surface area contributed by atoms with Crippen molar-refractivity contribution in [3.63, 3.8) is 0 Å². The predicted octanol–water partition coefficient (Wildman–Crippen LogP) is 4.26. The van der Waals surface area contributed by atoms with Crippen molar-refractivity contribution in [2.45, 2.75) is 0 Å². The van der Waals surface area contributed by atoms with Crippen molar-refractivity contribution in [1.29, 1.82) is 0 Å². The van der Waals surface area contributed by atoms with Gasteiger partial charge in [-0.1, -0.05) is 17.7 Å². The van der Waals surface area contributed by atoms with E-state index in [1.165, 1.54) is 0 Å². The molecule has 3 aromatic rings. The Labute approximate surface area is 115 Å². The van der Waals surface area contributed by atoms with Crippen LogP contribution in [-0.2, 0) is 0 Å². The number of benzene rings is 2. The van der Waals surface area contributed by atoms with Crippen molar-refractivity contribution < 1.29 is 4.74 Å². The molecule has 2 aromatic carbocycles. The lowest BCUT2D eigenvalue weighted by molar-refractivity contribution is 0.484. The van der Waals surface area contributed by atoms with E-state index in [4.69, 9.17) is 22.1 Å². The van der Waals surface area contributed by atoms with Gasteiger partial charge in [-0.25, -0.2) is 0 Å². The first-order valence-electron chi connectivity index (χ1n) is 5.80. The Morgan fingerprint density at radius 2 is 1.95 bits per heavy atom. The number of aromatic nitrogens is 1. The molecule has 2 N–H and O–H groups in total. The van der Waals surface area contributed by atoms with Crippen molar-refractivity contribution >= 4 is 28.2 Å². The molecule has 0 saturated heterocycles. The number of hydrogen-bond donors (Lipinski definition) is 1. The maximum absolute atomic E-state index is 6.08. The van der Waals surface area contributed by atoms with E-state index in [1.807, 2.05) is 30.3 Å². The van der Waals surface area contributed by atoms with Crippen molar-refractivity contribution in [3.8, 4) is 11.5 Å². The smallest absolute Gasteiger partial charge is 0.146 e. The Morgan fingerprint density at radius 1 is 1.05 bits per heavy atom. The second kappa shape index (κ2) is 4.78. The zero-order valence-electron chi connectivity index (χ0n) is 10.0. The molecular weight excluding hydrogens is 260 g/mol. The van der Waals surface area contributed by atoms with Crippen molar-refractivity contribution in [1.82, 2.24) is 4.98 Å². The van der Waals surface area contributed by atoms with E-state index in [0.29, 0.717) is 22.2 Å². The maximum Gasteiger partial charge on any atom is 0.146 e. The highest BCUT2D eigenvalue weighted by atomic mass is 35.5. The van der Waals surface area contributed by atoms with Crippen LogP contribution < -0.4 is 10.5 Å². The number of ether oxygens (including phenoxy) is 1. The number of halogens is 1. The van der Waals surface area contributed by atoms with Gasteiger partial charge in [0.25, 0.3) is 0 Å². The first-order valence-corrected chi connectivity index (χ1v) is 6.18. The van der Waals surface area contributed by atoms with Crippen LogP contribution in [0.2, 0.25) is 5.02 Å². The molecule has 19 heavy (non-hydrogen) atoms.